The van der Waals surface area contributed by atoms with E-state index in [0.717, 1.165) is 26.1 Å². The normalized spacial score (nSPS) is 22.5. The second-order valence-corrected chi connectivity index (χ2v) is 3.87. The Labute approximate surface area is 74.9 Å². The first-order valence-corrected chi connectivity index (χ1v) is 5.01. The second-order valence-electron chi connectivity index (χ2n) is 3.87. The van der Waals surface area contributed by atoms with E-state index < -0.39 is 0 Å². The van der Waals surface area contributed by atoms with Gasteiger partial charge in [-0.3, -0.25) is 0 Å². The standard InChI is InChI=1S/C10H20O2/c1-2-3-4-10(9-11)5-7-12-8-6-10/h11H,2-9H2,1H3. The quantitative estimate of drug-likeness (QED) is 0.702. The Morgan fingerprint density at radius 1 is 1.33 bits per heavy atom. The molecule has 1 heterocycles. The van der Waals surface area contributed by atoms with Crippen LogP contribution < -0.4 is 0 Å². The topological polar surface area (TPSA) is 29.5 Å². The first-order valence-electron chi connectivity index (χ1n) is 5.01. The lowest BCUT2D eigenvalue weighted by Crippen LogP contribution is -2.32. The molecule has 0 amide bonds. The third-order valence-corrected chi connectivity index (χ3v) is 2.95. The number of ether oxygens (including phenoxy) is 1. The summed E-state index contributed by atoms with van der Waals surface area (Å²) in [5.74, 6) is 0. The lowest BCUT2D eigenvalue weighted by Gasteiger charge is -2.35. The van der Waals surface area contributed by atoms with Crippen molar-refractivity contribution in [1.29, 1.82) is 0 Å². The summed E-state index contributed by atoms with van der Waals surface area (Å²) in [5, 5.41) is 9.31. The van der Waals surface area contributed by atoms with Crippen molar-refractivity contribution in [1.82, 2.24) is 0 Å². The molecule has 1 rings (SSSR count). The minimum atomic E-state index is 0.203. The van der Waals surface area contributed by atoms with Crippen LogP contribution in [0, 0.1) is 5.41 Å². The van der Waals surface area contributed by atoms with Gasteiger partial charge in [-0.15, -0.1) is 0 Å². The van der Waals surface area contributed by atoms with E-state index in [4.69, 9.17) is 4.74 Å². The lowest BCUT2D eigenvalue weighted by atomic mass is 9.77. The van der Waals surface area contributed by atoms with Gasteiger partial charge in [-0.1, -0.05) is 19.8 Å². The van der Waals surface area contributed by atoms with Crippen molar-refractivity contribution in [2.75, 3.05) is 19.8 Å². The van der Waals surface area contributed by atoms with Gasteiger partial charge in [0, 0.05) is 19.8 Å². The van der Waals surface area contributed by atoms with E-state index in [0.29, 0.717) is 6.61 Å². The van der Waals surface area contributed by atoms with Gasteiger partial charge in [0.2, 0.25) is 0 Å². The highest BCUT2D eigenvalue weighted by atomic mass is 16.5. The largest absolute Gasteiger partial charge is 0.396 e. The maximum atomic E-state index is 9.31. The van der Waals surface area contributed by atoms with Crippen LogP contribution in [0.3, 0.4) is 0 Å². The van der Waals surface area contributed by atoms with Crippen molar-refractivity contribution in [3.05, 3.63) is 0 Å². The molecular formula is C10H20O2. The summed E-state index contributed by atoms with van der Waals surface area (Å²) in [7, 11) is 0. The van der Waals surface area contributed by atoms with Crippen molar-refractivity contribution in [2.24, 2.45) is 5.41 Å². The fourth-order valence-corrected chi connectivity index (χ4v) is 1.84. The molecule has 0 aromatic carbocycles. The Morgan fingerprint density at radius 3 is 2.50 bits per heavy atom. The minimum absolute atomic E-state index is 0.203. The molecule has 12 heavy (non-hydrogen) atoms. The smallest absolute Gasteiger partial charge is 0.0489 e. The summed E-state index contributed by atoms with van der Waals surface area (Å²) in [4.78, 5) is 0. The van der Waals surface area contributed by atoms with Gasteiger partial charge < -0.3 is 9.84 Å². The summed E-state index contributed by atoms with van der Waals surface area (Å²) in [5.41, 5.74) is 0.203. The van der Waals surface area contributed by atoms with Crippen molar-refractivity contribution in [3.63, 3.8) is 0 Å². The van der Waals surface area contributed by atoms with Gasteiger partial charge in [0.1, 0.15) is 0 Å². The van der Waals surface area contributed by atoms with Crippen LogP contribution in [0.5, 0.6) is 0 Å². The van der Waals surface area contributed by atoms with Crippen LogP contribution in [0.1, 0.15) is 39.0 Å². The maximum Gasteiger partial charge on any atom is 0.0489 e. The average molecular weight is 172 g/mol. The molecule has 1 fully saturated rings. The lowest BCUT2D eigenvalue weighted by molar-refractivity contribution is -0.0216. The van der Waals surface area contributed by atoms with E-state index in [-0.39, 0.29) is 5.41 Å². The molecule has 2 nitrogen and oxygen atoms in total. The highest BCUT2D eigenvalue weighted by molar-refractivity contribution is 4.80. The van der Waals surface area contributed by atoms with E-state index in [2.05, 4.69) is 6.92 Å². The van der Waals surface area contributed by atoms with Crippen LogP contribution in [0.15, 0.2) is 0 Å². The molecule has 72 valence electrons. The maximum absolute atomic E-state index is 9.31. The summed E-state index contributed by atoms with van der Waals surface area (Å²) >= 11 is 0. The molecule has 1 N–H and O–H groups in total. The minimum Gasteiger partial charge on any atom is -0.396 e. The number of aliphatic hydroxyl groups is 1. The summed E-state index contributed by atoms with van der Waals surface area (Å²) in [6.45, 7) is 4.22. The summed E-state index contributed by atoms with van der Waals surface area (Å²) in [6.07, 6.45) is 5.72. The van der Waals surface area contributed by atoms with E-state index in [9.17, 15) is 5.11 Å². The Kier molecular flexibility index (Phi) is 4.02. The van der Waals surface area contributed by atoms with Gasteiger partial charge in [-0.05, 0) is 24.7 Å². The van der Waals surface area contributed by atoms with Crippen molar-refractivity contribution in [2.45, 2.75) is 39.0 Å². The zero-order chi connectivity index (χ0) is 8.86. The highest BCUT2D eigenvalue weighted by Gasteiger charge is 2.30. The number of unbranched alkanes of at least 4 members (excludes halogenated alkanes) is 1. The van der Waals surface area contributed by atoms with Crippen LogP contribution >= 0.6 is 0 Å². The van der Waals surface area contributed by atoms with Gasteiger partial charge in [0.05, 0.1) is 0 Å². The number of hydrogen-bond donors (Lipinski definition) is 1. The number of hydrogen-bond acceptors (Lipinski definition) is 2. The van der Waals surface area contributed by atoms with Gasteiger partial charge in [-0.25, -0.2) is 0 Å². The van der Waals surface area contributed by atoms with E-state index >= 15 is 0 Å². The number of aliphatic hydroxyl groups excluding tert-OH is 1. The zero-order valence-electron chi connectivity index (χ0n) is 8.01. The Morgan fingerprint density at radius 2 is 2.00 bits per heavy atom. The van der Waals surface area contributed by atoms with Crippen LogP contribution in [0.4, 0.5) is 0 Å². The van der Waals surface area contributed by atoms with Crippen LogP contribution in [0.25, 0.3) is 0 Å². The zero-order valence-corrected chi connectivity index (χ0v) is 8.01. The van der Waals surface area contributed by atoms with Crippen LogP contribution in [0.2, 0.25) is 0 Å². The van der Waals surface area contributed by atoms with Crippen molar-refractivity contribution >= 4 is 0 Å². The molecule has 0 aliphatic carbocycles. The Bertz CT molecular complexity index is 117. The fourth-order valence-electron chi connectivity index (χ4n) is 1.84. The van der Waals surface area contributed by atoms with E-state index in [1.54, 1.807) is 0 Å². The third-order valence-electron chi connectivity index (χ3n) is 2.95. The number of rotatable bonds is 4. The Balaban J connectivity index is 2.37. The molecule has 0 unspecified atom stereocenters. The molecule has 0 saturated carbocycles. The predicted molar refractivity (Wildman–Crippen MR) is 49.1 cm³/mol. The van der Waals surface area contributed by atoms with Gasteiger partial charge in [-0.2, -0.15) is 0 Å². The first-order chi connectivity index (χ1) is 5.83. The average Bonchev–Trinajstić information content (AvgIpc) is 2.16. The summed E-state index contributed by atoms with van der Waals surface area (Å²) < 4.78 is 5.30. The van der Waals surface area contributed by atoms with Gasteiger partial charge in [0.15, 0.2) is 0 Å². The van der Waals surface area contributed by atoms with Crippen molar-refractivity contribution in [3.8, 4) is 0 Å². The molecule has 0 aromatic heterocycles. The monoisotopic (exact) mass is 172 g/mol. The van der Waals surface area contributed by atoms with E-state index in [1.165, 1.54) is 19.3 Å². The van der Waals surface area contributed by atoms with Crippen molar-refractivity contribution < 1.29 is 9.84 Å². The second kappa shape index (κ2) is 4.83. The molecule has 0 radical (unpaired) electrons. The molecule has 1 aliphatic rings. The molecule has 0 bridgehead atoms. The fraction of sp³-hybridized carbons (Fsp3) is 1.00. The third kappa shape index (κ3) is 2.46. The van der Waals surface area contributed by atoms with Gasteiger partial charge >= 0.3 is 0 Å². The first kappa shape index (κ1) is 10.0. The molecule has 0 spiro atoms. The molecule has 1 aliphatic heterocycles. The molecule has 2 heteroatoms. The molecule has 0 aromatic rings. The highest BCUT2D eigenvalue weighted by Crippen LogP contribution is 2.34. The van der Waals surface area contributed by atoms with Gasteiger partial charge in [0.25, 0.3) is 0 Å². The Hall–Kier alpha value is -0.0800. The predicted octanol–water partition coefficient (Wildman–Crippen LogP) is 1.97. The molecule has 1 saturated heterocycles. The SMILES string of the molecule is CCCCC1(CO)CCOCC1. The van der Waals surface area contributed by atoms with Crippen LogP contribution in [-0.4, -0.2) is 24.9 Å². The van der Waals surface area contributed by atoms with E-state index in [1.807, 2.05) is 0 Å². The van der Waals surface area contributed by atoms with Crippen LogP contribution in [-0.2, 0) is 4.74 Å². The molecular weight excluding hydrogens is 152 g/mol. The molecule has 0 atom stereocenters. The summed E-state index contributed by atoms with van der Waals surface area (Å²) in [6, 6.07) is 0.